The molecular weight excluding hydrogens is 390 g/mol. The summed E-state index contributed by atoms with van der Waals surface area (Å²) in [5.74, 6) is 0. The Morgan fingerprint density at radius 1 is 0.690 bits per heavy atom. The number of hydrogen-bond donors (Lipinski definition) is 9. The Morgan fingerprint density at radius 3 is 1.48 bits per heavy atom. The van der Waals surface area contributed by atoms with Crippen LogP contribution in [0.1, 0.15) is 27.2 Å². The number of ether oxygens (including phenoxy) is 1. The van der Waals surface area contributed by atoms with E-state index >= 15 is 0 Å². The van der Waals surface area contributed by atoms with Gasteiger partial charge < -0.3 is 50.7 Å². The van der Waals surface area contributed by atoms with Gasteiger partial charge in [0.2, 0.25) is 0 Å². The van der Waals surface area contributed by atoms with Crippen LogP contribution in [0.5, 0.6) is 0 Å². The van der Waals surface area contributed by atoms with Crippen molar-refractivity contribution in [2.24, 2.45) is 0 Å². The zero-order valence-electron chi connectivity index (χ0n) is 17.3. The molecule has 176 valence electrons. The molecule has 0 aliphatic carbocycles. The van der Waals surface area contributed by atoms with E-state index in [1.807, 2.05) is 13.8 Å². The summed E-state index contributed by atoms with van der Waals surface area (Å²) in [7, 11) is 0. The topological polar surface area (TPSA) is 195 Å². The zero-order chi connectivity index (χ0) is 22.7. The lowest BCUT2D eigenvalue weighted by Gasteiger charge is -2.33. The maximum atomic E-state index is 10.2. The number of aliphatic hydroxyl groups is 9. The minimum absolute atomic E-state index is 0.0778. The van der Waals surface area contributed by atoms with Crippen LogP contribution in [0.25, 0.3) is 0 Å². The lowest BCUT2D eigenvalue weighted by atomic mass is 10.00. The van der Waals surface area contributed by atoms with Crippen LogP contribution >= 0.6 is 0 Å². The average molecular weight is 430 g/mol. The monoisotopic (exact) mass is 429 g/mol. The predicted octanol–water partition coefficient (Wildman–Crippen LogP) is -4.00. The maximum absolute atomic E-state index is 10.2. The second kappa shape index (κ2) is 14.5. The second-order valence-corrected chi connectivity index (χ2v) is 7.50. The molecule has 0 radical (unpaired) electrons. The highest BCUT2D eigenvalue weighted by Crippen LogP contribution is 2.11. The summed E-state index contributed by atoms with van der Waals surface area (Å²) in [6.45, 7) is 4.30. The molecular formula is C18H39NO10. The summed E-state index contributed by atoms with van der Waals surface area (Å²) in [6, 6.07) is 0. The molecule has 0 saturated carbocycles. The SMILES string of the molecule is CC[C@H](O)[C@H](O)[C@@H](O)[C@H](O)CN(CCOC(C)C)C[C@@H](O)[C@H](O)[C@@H](O)[C@@H](O)CO. The molecule has 0 bridgehead atoms. The largest absolute Gasteiger partial charge is 0.394 e. The van der Waals surface area contributed by atoms with Gasteiger partial charge in [0, 0.05) is 19.6 Å². The molecule has 0 fully saturated rings. The smallest absolute Gasteiger partial charge is 0.111 e. The van der Waals surface area contributed by atoms with E-state index in [1.165, 1.54) is 4.90 Å². The molecule has 0 aliphatic heterocycles. The van der Waals surface area contributed by atoms with Gasteiger partial charge in [0.1, 0.15) is 30.5 Å². The van der Waals surface area contributed by atoms with Crippen molar-refractivity contribution in [3.05, 3.63) is 0 Å². The van der Waals surface area contributed by atoms with Gasteiger partial charge >= 0.3 is 0 Å². The maximum Gasteiger partial charge on any atom is 0.111 e. The number of hydrogen-bond acceptors (Lipinski definition) is 11. The Bertz CT molecular complexity index is 386. The van der Waals surface area contributed by atoms with E-state index in [0.717, 1.165) is 0 Å². The first-order valence-electron chi connectivity index (χ1n) is 9.85. The third-order valence-corrected chi connectivity index (χ3v) is 4.63. The van der Waals surface area contributed by atoms with Gasteiger partial charge in [-0.05, 0) is 20.3 Å². The van der Waals surface area contributed by atoms with E-state index in [0.29, 0.717) is 0 Å². The van der Waals surface area contributed by atoms with Gasteiger partial charge in [-0.2, -0.15) is 0 Å². The molecule has 29 heavy (non-hydrogen) atoms. The first-order valence-corrected chi connectivity index (χ1v) is 9.85. The summed E-state index contributed by atoms with van der Waals surface area (Å²) in [5.41, 5.74) is 0. The molecule has 0 heterocycles. The van der Waals surface area contributed by atoms with Crippen LogP contribution in [0.15, 0.2) is 0 Å². The number of aliphatic hydroxyl groups excluding tert-OH is 9. The number of nitrogens with zero attached hydrogens (tertiary/aromatic N) is 1. The highest BCUT2D eigenvalue weighted by Gasteiger charge is 2.34. The minimum atomic E-state index is -1.79. The van der Waals surface area contributed by atoms with Crippen molar-refractivity contribution in [1.29, 1.82) is 0 Å². The fraction of sp³-hybridized carbons (Fsp3) is 1.00. The summed E-state index contributed by atoms with van der Waals surface area (Å²) in [5, 5.41) is 87.9. The van der Waals surface area contributed by atoms with Crippen LogP contribution in [-0.2, 0) is 4.74 Å². The second-order valence-electron chi connectivity index (χ2n) is 7.50. The molecule has 0 saturated heterocycles. The summed E-state index contributed by atoms with van der Waals surface area (Å²) < 4.78 is 5.42. The average Bonchev–Trinajstić information content (AvgIpc) is 2.69. The summed E-state index contributed by atoms with van der Waals surface area (Å²) >= 11 is 0. The molecule has 11 heteroatoms. The van der Waals surface area contributed by atoms with Crippen LogP contribution in [0.4, 0.5) is 0 Å². The minimum Gasteiger partial charge on any atom is -0.394 e. The molecule has 0 aliphatic rings. The van der Waals surface area contributed by atoms with Gasteiger partial charge in [-0.1, -0.05) is 6.92 Å². The van der Waals surface area contributed by atoms with E-state index in [4.69, 9.17) is 9.84 Å². The standard InChI is InChI=1S/C18H39NO10/c1-4-11(21)15(25)16(26)12(22)7-19(5-6-29-10(2)3)8-13(23)17(27)18(28)14(24)9-20/h10-18,20-28H,4-9H2,1-3H3/t11-,12+,13+,14-,15-,16-,17-,18-/m0/s1. The molecule has 8 atom stereocenters. The lowest BCUT2D eigenvalue weighted by Crippen LogP contribution is -2.53. The quantitative estimate of drug-likeness (QED) is 0.116. The van der Waals surface area contributed by atoms with E-state index < -0.39 is 55.4 Å². The first kappa shape index (κ1) is 28.6. The molecule has 0 aromatic heterocycles. The van der Waals surface area contributed by atoms with Gasteiger partial charge in [0.05, 0.1) is 37.6 Å². The predicted molar refractivity (Wildman–Crippen MR) is 103 cm³/mol. The number of rotatable bonds is 16. The molecule has 0 aromatic rings. The van der Waals surface area contributed by atoms with Crippen molar-refractivity contribution in [2.75, 3.05) is 32.8 Å². The summed E-state index contributed by atoms with van der Waals surface area (Å²) in [4.78, 5) is 1.44. The van der Waals surface area contributed by atoms with Crippen molar-refractivity contribution >= 4 is 0 Å². The van der Waals surface area contributed by atoms with E-state index in [1.54, 1.807) is 6.92 Å². The Balaban J connectivity index is 5.04. The van der Waals surface area contributed by atoms with Crippen LogP contribution < -0.4 is 0 Å². The van der Waals surface area contributed by atoms with Crippen molar-refractivity contribution < 1.29 is 50.7 Å². The third kappa shape index (κ3) is 10.4. The molecule has 0 amide bonds. The normalized spacial score (nSPS) is 20.9. The van der Waals surface area contributed by atoms with E-state index in [2.05, 4.69) is 0 Å². The Hall–Kier alpha value is -0.440. The third-order valence-electron chi connectivity index (χ3n) is 4.63. The highest BCUT2D eigenvalue weighted by atomic mass is 16.5. The van der Waals surface area contributed by atoms with Gasteiger partial charge in [0.15, 0.2) is 0 Å². The van der Waals surface area contributed by atoms with Gasteiger partial charge in [-0.25, -0.2) is 0 Å². The van der Waals surface area contributed by atoms with Crippen molar-refractivity contribution in [3.8, 4) is 0 Å². The Labute approximate surface area is 171 Å². The lowest BCUT2D eigenvalue weighted by molar-refractivity contribution is -0.128. The van der Waals surface area contributed by atoms with E-state index in [9.17, 15) is 40.9 Å². The first-order chi connectivity index (χ1) is 13.5. The van der Waals surface area contributed by atoms with Crippen molar-refractivity contribution in [1.82, 2.24) is 4.90 Å². The Kier molecular flexibility index (Phi) is 14.3. The van der Waals surface area contributed by atoms with Gasteiger partial charge in [0.25, 0.3) is 0 Å². The zero-order valence-corrected chi connectivity index (χ0v) is 17.3. The molecule has 0 aromatic carbocycles. The van der Waals surface area contributed by atoms with Crippen molar-refractivity contribution in [2.45, 2.75) is 82.1 Å². The fourth-order valence-electron chi connectivity index (χ4n) is 2.68. The van der Waals surface area contributed by atoms with E-state index in [-0.39, 0.29) is 38.8 Å². The Morgan fingerprint density at radius 2 is 1.10 bits per heavy atom. The van der Waals surface area contributed by atoms with Crippen LogP contribution in [0.2, 0.25) is 0 Å². The van der Waals surface area contributed by atoms with Crippen LogP contribution in [0, 0.1) is 0 Å². The van der Waals surface area contributed by atoms with Crippen molar-refractivity contribution in [3.63, 3.8) is 0 Å². The summed E-state index contributed by atoms with van der Waals surface area (Å²) in [6.07, 6.45) is -12.6. The molecule has 11 nitrogen and oxygen atoms in total. The molecule has 0 unspecified atom stereocenters. The van der Waals surface area contributed by atoms with Crippen LogP contribution in [-0.4, -0.2) is 139 Å². The fourth-order valence-corrected chi connectivity index (χ4v) is 2.68. The van der Waals surface area contributed by atoms with Gasteiger partial charge in [-0.15, -0.1) is 0 Å². The van der Waals surface area contributed by atoms with Gasteiger partial charge in [-0.3, -0.25) is 4.90 Å². The molecule has 0 spiro atoms. The molecule has 9 N–H and O–H groups in total. The van der Waals surface area contributed by atoms with Crippen LogP contribution in [0.3, 0.4) is 0 Å². The highest BCUT2D eigenvalue weighted by molar-refractivity contribution is 4.86. The molecule has 0 rings (SSSR count).